The molecule has 148 valence electrons. The topological polar surface area (TPSA) is 90.6 Å². The second kappa shape index (κ2) is 6.97. The highest BCUT2D eigenvalue weighted by Gasteiger charge is 2.37. The molecule has 9 heteroatoms. The van der Waals surface area contributed by atoms with Crippen LogP contribution in [-0.4, -0.2) is 43.3 Å². The monoisotopic (exact) mass is 403 g/mol. The van der Waals surface area contributed by atoms with Crippen molar-refractivity contribution in [2.45, 2.75) is 26.4 Å². The van der Waals surface area contributed by atoms with Crippen LogP contribution >= 0.6 is 11.8 Å². The number of rotatable bonds is 3. The minimum Gasteiger partial charge on any atom is -0.459 e. The maximum absolute atomic E-state index is 12.6. The highest BCUT2D eigenvalue weighted by atomic mass is 32.2. The van der Waals surface area contributed by atoms with Crippen molar-refractivity contribution in [1.29, 1.82) is 0 Å². The van der Waals surface area contributed by atoms with Gasteiger partial charge in [0.05, 0.1) is 15.9 Å². The Balaban J connectivity index is 1.85. The van der Waals surface area contributed by atoms with Crippen molar-refractivity contribution >= 4 is 46.0 Å². The molecule has 2 amide bonds. The molecule has 28 heavy (non-hydrogen) atoms. The van der Waals surface area contributed by atoms with Gasteiger partial charge in [-0.1, -0.05) is 6.07 Å². The molecule has 0 bridgehead atoms. The molecule has 0 N–H and O–H groups in total. The number of hydrogen-bond donors (Lipinski definition) is 0. The Morgan fingerprint density at radius 1 is 1.11 bits per heavy atom. The third kappa shape index (κ3) is 3.75. The van der Waals surface area contributed by atoms with Crippen molar-refractivity contribution in [1.82, 2.24) is 14.0 Å². The van der Waals surface area contributed by atoms with E-state index in [0.29, 0.717) is 11.1 Å². The first-order valence-electron chi connectivity index (χ1n) is 8.60. The van der Waals surface area contributed by atoms with Crippen LogP contribution in [0, 0.1) is 0 Å². The SMILES string of the molecule is Cn1c(=O)n(C)c2cc(C=C3SC(=O)N(CC(=O)OC(C)(C)C)C3=O)ccc21. The molecule has 0 spiro atoms. The molecule has 0 saturated carbocycles. The van der Waals surface area contributed by atoms with Crippen LogP contribution in [0.4, 0.5) is 4.79 Å². The van der Waals surface area contributed by atoms with E-state index in [0.717, 1.165) is 22.2 Å². The Bertz CT molecular complexity index is 1090. The van der Waals surface area contributed by atoms with E-state index in [1.54, 1.807) is 59.1 Å². The molecule has 1 aliphatic rings. The number of benzene rings is 1. The minimum absolute atomic E-state index is 0.148. The summed E-state index contributed by atoms with van der Waals surface area (Å²) >= 11 is 0.772. The van der Waals surface area contributed by atoms with E-state index in [-0.39, 0.29) is 10.6 Å². The number of imide groups is 1. The lowest BCUT2D eigenvalue weighted by Crippen LogP contribution is -2.37. The molecule has 1 saturated heterocycles. The number of carbonyl (C=O) groups excluding carboxylic acids is 3. The number of fused-ring (bicyclic) bond motifs is 1. The van der Waals surface area contributed by atoms with Crippen molar-refractivity contribution in [2.75, 3.05) is 6.54 Å². The first kappa shape index (κ1) is 19.9. The van der Waals surface area contributed by atoms with Crippen molar-refractivity contribution < 1.29 is 19.1 Å². The van der Waals surface area contributed by atoms with Gasteiger partial charge in [0.15, 0.2) is 0 Å². The fourth-order valence-corrected chi connectivity index (χ4v) is 3.74. The van der Waals surface area contributed by atoms with Gasteiger partial charge in [0.2, 0.25) is 0 Å². The summed E-state index contributed by atoms with van der Waals surface area (Å²) in [4.78, 5) is 49.8. The summed E-state index contributed by atoms with van der Waals surface area (Å²) in [5.74, 6) is -1.18. The molecule has 1 aliphatic heterocycles. The lowest BCUT2D eigenvalue weighted by Gasteiger charge is -2.21. The summed E-state index contributed by atoms with van der Waals surface area (Å²) in [6.07, 6.45) is 1.58. The second-order valence-electron chi connectivity index (χ2n) is 7.50. The summed E-state index contributed by atoms with van der Waals surface area (Å²) in [6.45, 7) is 4.72. The zero-order chi connectivity index (χ0) is 20.8. The van der Waals surface area contributed by atoms with Crippen LogP contribution in [0.3, 0.4) is 0 Å². The van der Waals surface area contributed by atoms with Gasteiger partial charge in [-0.05, 0) is 56.3 Å². The number of thioether (sulfide) groups is 1. The van der Waals surface area contributed by atoms with Gasteiger partial charge in [-0.3, -0.25) is 28.4 Å². The number of nitrogens with zero attached hydrogens (tertiary/aromatic N) is 3. The van der Waals surface area contributed by atoms with Gasteiger partial charge in [-0.15, -0.1) is 0 Å². The third-order valence-corrected chi connectivity index (χ3v) is 5.08. The summed E-state index contributed by atoms with van der Waals surface area (Å²) in [5, 5.41) is -0.518. The molecular formula is C19H21N3O5S. The maximum atomic E-state index is 12.6. The van der Waals surface area contributed by atoms with Gasteiger partial charge >= 0.3 is 11.7 Å². The highest BCUT2D eigenvalue weighted by Crippen LogP contribution is 2.32. The molecule has 0 aliphatic carbocycles. The predicted octanol–water partition coefficient (Wildman–Crippen LogP) is 2.25. The summed E-state index contributed by atoms with van der Waals surface area (Å²) < 4.78 is 8.23. The zero-order valence-electron chi connectivity index (χ0n) is 16.3. The van der Waals surface area contributed by atoms with Crippen molar-refractivity contribution in [2.24, 2.45) is 14.1 Å². The molecule has 3 rings (SSSR count). The average molecular weight is 403 g/mol. The van der Waals surface area contributed by atoms with E-state index in [2.05, 4.69) is 0 Å². The Morgan fingerprint density at radius 3 is 2.39 bits per heavy atom. The highest BCUT2D eigenvalue weighted by molar-refractivity contribution is 8.18. The van der Waals surface area contributed by atoms with Crippen molar-refractivity contribution in [3.8, 4) is 0 Å². The predicted molar refractivity (Wildman–Crippen MR) is 107 cm³/mol. The largest absolute Gasteiger partial charge is 0.459 e. The van der Waals surface area contributed by atoms with Gasteiger partial charge < -0.3 is 4.74 Å². The van der Waals surface area contributed by atoms with E-state index >= 15 is 0 Å². The van der Waals surface area contributed by atoms with Crippen LogP contribution in [0.2, 0.25) is 0 Å². The Kier molecular flexibility index (Phi) is 4.97. The summed E-state index contributed by atoms with van der Waals surface area (Å²) in [5.41, 5.74) is 1.31. The minimum atomic E-state index is -0.699. The number of aromatic nitrogens is 2. The Morgan fingerprint density at radius 2 is 1.75 bits per heavy atom. The quantitative estimate of drug-likeness (QED) is 0.577. The number of esters is 1. The normalized spacial score (nSPS) is 16.5. The number of ether oxygens (including phenoxy) is 1. The fraction of sp³-hybridized carbons (Fsp3) is 0.368. The molecule has 0 radical (unpaired) electrons. The lowest BCUT2D eigenvalue weighted by molar-refractivity contribution is -0.156. The van der Waals surface area contributed by atoms with Crippen molar-refractivity contribution in [3.63, 3.8) is 0 Å². The van der Waals surface area contributed by atoms with Gasteiger partial charge in [-0.25, -0.2) is 4.79 Å². The van der Waals surface area contributed by atoms with Crippen molar-refractivity contribution in [3.05, 3.63) is 39.2 Å². The molecule has 1 aromatic heterocycles. The van der Waals surface area contributed by atoms with Crippen LogP contribution in [0.5, 0.6) is 0 Å². The van der Waals surface area contributed by atoms with Gasteiger partial charge in [0.25, 0.3) is 11.1 Å². The molecule has 0 atom stereocenters. The van der Waals surface area contributed by atoms with Crippen LogP contribution in [0.15, 0.2) is 27.9 Å². The number of aryl methyl sites for hydroxylation is 2. The molecule has 2 heterocycles. The number of hydrogen-bond acceptors (Lipinski definition) is 6. The van der Waals surface area contributed by atoms with E-state index < -0.39 is 29.3 Å². The number of amides is 2. The number of carbonyl (C=O) groups is 3. The fourth-order valence-electron chi connectivity index (χ4n) is 2.90. The van der Waals surface area contributed by atoms with Crippen LogP contribution in [0.25, 0.3) is 17.1 Å². The molecular weight excluding hydrogens is 382 g/mol. The zero-order valence-corrected chi connectivity index (χ0v) is 17.1. The molecule has 0 unspecified atom stereocenters. The van der Waals surface area contributed by atoms with E-state index in [1.807, 2.05) is 0 Å². The first-order valence-corrected chi connectivity index (χ1v) is 9.42. The van der Waals surface area contributed by atoms with Gasteiger partial charge in [0.1, 0.15) is 12.1 Å². The second-order valence-corrected chi connectivity index (χ2v) is 8.50. The first-order chi connectivity index (χ1) is 13.0. The number of imidazole rings is 1. The van der Waals surface area contributed by atoms with Crippen LogP contribution < -0.4 is 5.69 Å². The Hall–Kier alpha value is -2.81. The van der Waals surface area contributed by atoms with Crippen LogP contribution in [0.1, 0.15) is 26.3 Å². The van der Waals surface area contributed by atoms with E-state index in [4.69, 9.17) is 4.74 Å². The van der Waals surface area contributed by atoms with Gasteiger partial charge in [0, 0.05) is 14.1 Å². The molecule has 1 aromatic carbocycles. The molecule has 2 aromatic rings. The smallest absolute Gasteiger partial charge is 0.328 e. The Labute approximate surface area is 165 Å². The van der Waals surface area contributed by atoms with E-state index in [1.165, 1.54) is 9.13 Å². The van der Waals surface area contributed by atoms with Gasteiger partial charge in [-0.2, -0.15) is 0 Å². The summed E-state index contributed by atoms with van der Waals surface area (Å²) in [6, 6.07) is 5.33. The molecule has 1 fully saturated rings. The maximum Gasteiger partial charge on any atom is 0.328 e. The van der Waals surface area contributed by atoms with E-state index in [9.17, 15) is 19.2 Å². The lowest BCUT2D eigenvalue weighted by atomic mass is 10.2. The van der Waals surface area contributed by atoms with Crippen LogP contribution in [-0.2, 0) is 28.4 Å². The molecule has 8 nitrogen and oxygen atoms in total. The average Bonchev–Trinajstić information content (AvgIpc) is 2.96. The summed E-state index contributed by atoms with van der Waals surface area (Å²) in [7, 11) is 3.36. The standard InChI is InChI=1S/C19H21N3O5S/c1-19(2,3)27-15(23)10-22-16(24)14(28-18(22)26)9-11-6-7-12-13(8-11)21(5)17(25)20(12)4/h6-9H,10H2,1-5H3. The third-order valence-electron chi connectivity index (χ3n) is 4.17.